The predicted octanol–water partition coefficient (Wildman–Crippen LogP) is 2.15. The quantitative estimate of drug-likeness (QED) is 0.830. The van der Waals surface area contributed by atoms with E-state index < -0.39 is 24.6 Å². The average Bonchev–Trinajstić information content (AvgIpc) is 2.15. The first-order valence-electron chi connectivity index (χ1n) is 5.06. The summed E-state index contributed by atoms with van der Waals surface area (Å²) in [6.07, 6.45) is -4.38. The minimum atomic E-state index is -4.38. The van der Waals surface area contributed by atoms with Crippen LogP contribution in [0.4, 0.5) is 17.6 Å². The molecule has 2 nitrogen and oxygen atoms in total. The zero-order valence-electron chi connectivity index (χ0n) is 9.34. The second-order valence-corrected chi connectivity index (χ2v) is 3.84. The number of likely N-dealkylation sites (N-methyl/N-ethyl adjacent to an activating group) is 1. The summed E-state index contributed by atoms with van der Waals surface area (Å²) < 4.78 is 50.5. The second-order valence-electron chi connectivity index (χ2n) is 3.84. The molecule has 0 amide bonds. The van der Waals surface area contributed by atoms with Gasteiger partial charge in [-0.2, -0.15) is 13.2 Å². The molecule has 0 radical (unpaired) electrons. The van der Waals surface area contributed by atoms with Crippen molar-refractivity contribution in [2.24, 2.45) is 5.73 Å². The van der Waals surface area contributed by atoms with Crippen LogP contribution in [0.3, 0.4) is 0 Å². The molecule has 0 aliphatic rings. The van der Waals surface area contributed by atoms with Crippen molar-refractivity contribution in [3.8, 4) is 0 Å². The lowest BCUT2D eigenvalue weighted by Gasteiger charge is -2.28. The predicted molar refractivity (Wildman–Crippen MR) is 56.8 cm³/mol. The normalized spacial score (nSPS) is 14.1. The zero-order chi connectivity index (χ0) is 13.1. The molecule has 96 valence electrons. The highest BCUT2D eigenvalue weighted by Crippen LogP contribution is 2.24. The van der Waals surface area contributed by atoms with Crippen molar-refractivity contribution >= 4 is 0 Å². The molecule has 0 saturated carbocycles. The fraction of sp³-hybridized carbons (Fsp3) is 0.455. The largest absolute Gasteiger partial charge is 0.405 e. The Hall–Kier alpha value is -1.14. The standard InChI is InChI=1S/C11H14F4N2/c1-17(10(6-16)11(13,14)15)7-8-3-2-4-9(12)5-8/h2-5,10H,6-7,16H2,1H3. The number of rotatable bonds is 4. The molecule has 0 fully saturated rings. The number of benzene rings is 1. The van der Waals surface area contributed by atoms with Gasteiger partial charge in [0.2, 0.25) is 0 Å². The smallest absolute Gasteiger partial charge is 0.329 e. The molecule has 2 N–H and O–H groups in total. The van der Waals surface area contributed by atoms with Crippen LogP contribution >= 0.6 is 0 Å². The molecule has 0 aliphatic heterocycles. The van der Waals surface area contributed by atoms with Gasteiger partial charge < -0.3 is 5.73 Å². The average molecular weight is 250 g/mol. The van der Waals surface area contributed by atoms with Gasteiger partial charge in [0.25, 0.3) is 0 Å². The first kappa shape index (κ1) is 13.9. The van der Waals surface area contributed by atoms with Gasteiger partial charge in [0, 0.05) is 13.1 Å². The third kappa shape index (κ3) is 3.98. The first-order chi connectivity index (χ1) is 7.84. The van der Waals surface area contributed by atoms with Crippen molar-refractivity contribution in [1.82, 2.24) is 4.90 Å². The van der Waals surface area contributed by atoms with Crippen LogP contribution in [-0.4, -0.2) is 30.7 Å². The summed E-state index contributed by atoms with van der Waals surface area (Å²) in [6, 6.07) is 3.77. The molecule has 0 aromatic heterocycles. The number of hydrogen-bond donors (Lipinski definition) is 1. The summed E-state index contributed by atoms with van der Waals surface area (Å²) in [5, 5.41) is 0. The van der Waals surface area contributed by atoms with Crippen LogP contribution in [0.1, 0.15) is 5.56 Å². The first-order valence-corrected chi connectivity index (χ1v) is 5.06. The van der Waals surface area contributed by atoms with Gasteiger partial charge in [-0.05, 0) is 24.7 Å². The van der Waals surface area contributed by atoms with Gasteiger partial charge in [-0.3, -0.25) is 4.90 Å². The fourth-order valence-electron chi connectivity index (χ4n) is 1.60. The van der Waals surface area contributed by atoms with E-state index in [1.807, 2.05) is 0 Å². The molecule has 1 atom stereocenters. The molecular formula is C11H14F4N2. The van der Waals surface area contributed by atoms with E-state index in [9.17, 15) is 17.6 Å². The summed E-state index contributed by atoms with van der Waals surface area (Å²) in [5.74, 6) is -0.466. The molecule has 1 unspecified atom stereocenters. The van der Waals surface area contributed by atoms with Crippen molar-refractivity contribution in [2.45, 2.75) is 18.8 Å². The van der Waals surface area contributed by atoms with Crippen LogP contribution in [-0.2, 0) is 6.54 Å². The van der Waals surface area contributed by atoms with E-state index in [1.165, 1.54) is 25.2 Å². The van der Waals surface area contributed by atoms with Crippen molar-refractivity contribution < 1.29 is 17.6 Å². The monoisotopic (exact) mass is 250 g/mol. The van der Waals surface area contributed by atoms with E-state index in [0.29, 0.717) is 5.56 Å². The lowest BCUT2D eigenvalue weighted by atomic mass is 10.1. The van der Waals surface area contributed by atoms with Crippen molar-refractivity contribution in [3.63, 3.8) is 0 Å². The Morgan fingerprint density at radius 3 is 2.47 bits per heavy atom. The van der Waals surface area contributed by atoms with Crippen LogP contribution in [0.15, 0.2) is 24.3 Å². The number of nitrogens with zero attached hydrogens (tertiary/aromatic N) is 1. The van der Waals surface area contributed by atoms with Gasteiger partial charge in [-0.1, -0.05) is 12.1 Å². The molecule has 0 bridgehead atoms. The molecule has 1 aromatic carbocycles. The molecule has 6 heteroatoms. The third-order valence-electron chi connectivity index (χ3n) is 2.45. The van der Waals surface area contributed by atoms with E-state index in [1.54, 1.807) is 6.07 Å². The third-order valence-corrected chi connectivity index (χ3v) is 2.45. The minimum absolute atomic E-state index is 0.000856. The van der Waals surface area contributed by atoms with Gasteiger partial charge in [-0.15, -0.1) is 0 Å². The highest BCUT2D eigenvalue weighted by atomic mass is 19.4. The number of alkyl halides is 3. The highest BCUT2D eigenvalue weighted by Gasteiger charge is 2.41. The summed E-state index contributed by atoms with van der Waals surface area (Å²) in [7, 11) is 1.32. The summed E-state index contributed by atoms with van der Waals surface area (Å²) in [4.78, 5) is 1.06. The highest BCUT2D eigenvalue weighted by molar-refractivity contribution is 5.16. The summed E-state index contributed by atoms with van der Waals surface area (Å²) in [6.45, 7) is -0.519. The lowest BCUT2D eigenvalue weighted by Crippen LogP contribution is -2.48. The van der Waals surface area contributed by atoms with Crippen LogP contribution in [0.25, 0.3) is 0 Å². The Kier molecular flexibility index (Phi) is 4.47. The number of halogens is 4. The van der Waals surface area contributed by atoms with Crippen molar-refractivity contribution in [1.29, 1.82) is 0 Å². The fourth-order valence-corrected chi connectivity index (χ4v) is 1.60. The molecular weight excluding hydrogens is 236 g/mol. The Balaban J connectivity index is 2.74. The minimum Gasteiger partial charge on any atom is -0.329 e. The van der Waals surface area contributed by atoms with E-state index in [4.69, 9.17) is 5.73 Å². The SMILES string of the molecule is CN(Cc1cccc(F)c1)C(CN)C(F)(F)F. The molecule has 17 heavy (non-hydrogen) atoms. The van der Waals surface area contributed by atoms with Crippen LogP contribution in [0.2, 0.25) is 0 Å². The van der Waals surface area contributed by atoms with E-state index >= 15 is 0 Å². The molecule has 0 aliphatic carbocycles. The Bertz CT molecular complexity index is 365. The van der Waals surface area contributed by atoms with Crippen LogP contribution < -0.4 is 5.73 Å². The molecule has 1 aromatic rings. The molecule has 0 spiro atoms. The summed E-state index contributed by atoms with van der Waals surface area (Å²) in [5.41, 5.74) is 5.59. The second kappa shape index (κ2) is 5.46. The maximum atomic E-state index is 12.9. The van der Waals surface area contributed by atoms with E-state index in [-0.39, 0.29) is 6.54 Å². The summed E-state index contributed by atoms with van der Waals surface area (Å²) >= 11 is 0. The Morgan fingerprint density at radius 2 is 2.00 bits per heavy atom. The van der Waals surface area contributed by atoms with Gasteiger partial charge in [0.1, 0.15) is 11.9 Å². The number of hydrogen-bond acceptors (Lipinski definition) is 2. The zero-order valence-corrected chi connectivity index (χ0v) is 9.34. The van der Waals surface area contributed by atoms with E-state index in [0.717, 1.165) is 4.90 Å². The van der Waals surface area contributed by atoms with Gasteiger partial charge >= 0.3 is 6.18 Å². The van der Waals surface area contributed by atoms with Gasteiger partial charge in [0.05, 0.1) is 0 Å². The van der Waals surface area contributed by atoms with Crippen LogP contribution in [0, 0.1) is 5.82 Å². The van der Waals surface area contributed by atoms with Crippen LogP contribution in [0.5, 0.6) is 0 Å². The molecule has 1 rings (SSSR count). The van der Waals surface area contributed by atoms with Crippen molar-refractivity contribution in [2.75, 3.05) is 13.6 Å². The van der Waals surface area contributed by atoms with E-state index in [2.05, 4.69) is 0 Å². The molecule has 0 heterocycles. The maximum absolute atomic E-state index is 12.9. The lowest BCUT2D eigenvalue weighted by molar-refractivity contribution is -0.178. The topological polar surface area (TPSA) is 29.3 Å². The Labute approximate surface area is 97.0 Å². The Morgan fingerprint density at radius 1 is 1.35 bits per heavy atom. The van der Waals surface area contributed by atoms with Gasteiger partial charge in [-0.25, -0.2) is 4.39 Å². The van der Waals surface area contributed by atoms with Gasteiger partial charge in [0.15, 0.2) is 0 Å². The number of nitrogens with two attached hydrogens (primary N) is 1. The molecule has 0 saturated heterocycles. The van der Waals surface area contributed by atoms with Crippen molar-refractivity contribution in [3.05, 3.63) is 35.6 Å². The maximum Gasteiger partial charge on any atom is 0.405 e.